The van der Waals surface area contributed by atoms with E-state index in [1.165, 1.54) is 0 Å². The molecule has 25 heavy (non-hydrogen) atoms. The molecule has 0 saturated carbocycles. The summed E-state index contributed by atoms with van der Waals surface area (Å²) < 4.78 is 10.8. The van der Waals surface area contributed by atoms with Gasteiger partial charge in [0.2, 0.25) is 0 Å². The summed E-state index contributed by atoms with van der Waals surface area (Å²) in [6, 6.07) is 21.3. The van der Waals surface area contributed by atoms with Gasteiger partial charge in [0.1, 0.15) is 5.75 Å². The van der Waals surface area contributed by atoms with E-state index in [9.17, 15) is 4.79 Å². The topological polar surface area (TPSA) is 47.6 Å². The molecular weight excluding hydrogens is 314 g/mol. The zero-order valence-electron chi connectivity index (χ0n) is 14.4. The Morgan fingerprint density at radius 2 is 1.76 bits per heavy atom. The number of benzene rings is 3. The molecule has 3 aromatic carbocycles. The minimum Gasteiger partial charge on any atom is -0.497 e. The molecule has 3 aromatic rings. The van der Waals surface area contributed by atoms with Crippen LogP contribution in [0.1, 0.15) is 22.0 Å². The number of carbonyl (C=O) groups is 1. The largest absolute Gasteiger partial charge is 0.497 e. The number of carbonyl (C=O) groups excluding carboxylic acids is 1. The number of fused-ring (bicyclic) bond motifs is 1. The summed E-state index contributed by atoms with van der Waals surface area (Å²) in [5.74, 6) is 0.654. The van der Waals surface area contributed by atoms with Crippen molar-refractivity contribution in [1.29, 1.82) is 0 Å². The number of hydrogen-bond acceptors (Lipinski definition) is 3. The third-order valence-corrected chi connectivity index (χ3v) is 4.23. The Labute approximate surface area is 147 Å². The van der Waals surface area contributed by atoms with Crippen molar-refractivity contribution in [3.05, 3.63) is 77.9 Å². The maximum atomic E-state index is 12.6. The Kier molecular flexibility index (Phi) is 5.31. The van der Waals surface area contributed by atoms with Gasteiger partial charge in [-0.15, -0.1) is 0 Å². The van der Waals surface area contributed by atoms with E-state index in [0.29, 0.717) is 12.1 Å². The average Bonchev–Trinajstić information content (AvgIpc) is 2.68. The van der Waals surface area contributed by atoms with Crippen LogP contribution in [0.25, 0.3) is 10.8 Å². The van der Waals surface area contributed by atoms with Gasteiger partial charge in [-0.25, -0.2) is 0 Å². The molecule has 0 aliphatic heterocycles. The molecule has 4 heteroatoms. The minimum atomic E-state index is -0.242. The summed E-state index contributed by atoms with van der Waals surface area (Å²) in [4.78, 5) is 12.6. The first kappa shape index (κ1) is 17.0. The van der Waals surface area contributed by atoms with E-state index in [4.69, 9.17) is 9.47 Å². The van der Waals surface area contributed by atoms with Crippen molar-refractivity contribution in [2.75, 3.05) is 20.8 Å². The summed E-state index contributed by atoms with van der Waals surface area (Å²) in [6.07, 6.45) is -0.242. The highest BCUT2D eigenvalue weighted by Gasteiger charge is 2.15. The Balaban J connectivity index is 1.76. The van der Waals surface area contributed by atoms with Gasteiger partial charge >= 0.3 is 0 Å². The molecule has 3 rings (SSSR count). The fourth-order valence-electron chi connectivity index (χ4n) is 2.88. The second-order valence-corrected chi connectivity index (χ2v) is 5.74. The highest BCUT2D eigenvalue weighted by molar-refractivity contribution is 6.07. The molecule has 0 saturated heterocycles. The lowest BCUT2D eigenvalue weighted by atomic mass is 10.0. The number of nitrogens with one attached hydrogen (secondary N) is 1. The summed E-state index contributed by atoms with van der Waals surface area (Å²) >= 11 is 0. The fraction of sp³-hybridized carbons (Fsp3) is 0.190. The van der Waals surface area contributed by atoms with Crippen molar-refractivity contribution in [3.8, 4) is 5.75 Å². The van der Waals surface area contributed by atoms with E-state index in [2.05, 4.69) is 5.32 Å². The zero-order chi connectivity index (χ0) is 17.6. The number of hydrogen-bond donors (Lipinski definition) is 1. The summed E-state index contributed by atoms with van der Waals surface area (Å²) in [5.41, 5.74) is 1.62. The molecule has 4 nitrogen and oxygen atoms in total. The minimum absolute atomic E-state index is 0.109. The van der Waals surface area contributed by atoms with Crippen LogP contribution in [0.5, 0.6) is 5.75 Å². The summed E-state index contributed by atoms with van der Waals surface area (Å²) in [5, 5.41) is 4.96. The van der Waals surface area contributed by atoms with Crippen molar-refractivity contribution in [2.24, 2.45) is 0 Å². The predicted octanol–water partition coefficient (Wildman–Crippen LogP) is 3.97. The molecule has 0 bridgehead atoms. The van der Waals surface area contributed by atoms with Crippen LogP contribution in [-0.4, -0.2) is 26.7 Å². The molecule has 1 N–H and O–H groups in total. The van der Waals surface area contributed by atoms with Gasteiger partial charge in [-0.05, 0) is 34.5 Å². The molecular formula is C21H21NO3. The van der Waals surface area contributed by atoms with Crippen molar-refractivity contribution < 1.29 is 14.3 Å². The van der Waals surface area contributed by atoms with Crippen molar-refractivity contribution in [1.82, 2.24) is 5.32 Å². The number of ether oxygens (including phenoxy) is 2. The van der Waals surface area contributed by atoms with Crippen LogP contribution < -0.4 is 10.1 Å². The van der Waals surface area contributed by atoms with Crippen LogP contribution in [0, 0.1) is 0 Å². The van der Waals surface area contributed by atoms with E-state index in [1.54, 1.807) is 14.2 Å². The number of methoxy groups -OCH3 is 2. The van der Waals surface area contributed by atoms with Crippen LogP contribution in [-0.2, 0) is 4.74 Å². The third-order valence-electron chi connectivity index (χ3n) is 4.23. The zero-order valence-corrected chi connectivity index (χ0v) is 14.4. The average molecular weight is 335 g/mol. The smallest absolute Gasteiger partial charge is 0.252 e. The Bertz CT molecular complexity index is 870. The maximum absolute atomic E-state index is 12.6. The van der Waals surface area contributed by atoms with Crippen LogP contribution in [0.4, 0.5) is 0 Å². The Hall–Kier alpha value is -2.85. The first-order valence-corrected chi connectivity index (χ1v) is 8.15. The molecule has 1 amide bonds. The van der Waals surface area contributed by atoms with E-state index >= 15 is 0 Å². The number of amides is 1. The van der Waals surface area contributed by atoms with Gasteiger partial charge in [-0.1, -0.05) is 48.5 Å². The molecule has 0 aromatic heterocycles. The number of rotatable bonds is 6. The second kappa shape index (κ2) is 7.81. The monoisotopic (exact) mass is 335 g/mol. The van der Waals surface area contributed by atoms with Gasteiger partial charge in [0.05, 0.1) is 13.2 Å². The molecule has 0 fully saturated rings. The van der Waals surface area contributed by atoms with Crippen molar-refractivity contribution in [3.63, 3.8) is 0 Å². The molecule has 0 aliphatic rings. The highest BCUT2D eigenvalue weighted by atomic mass is 16.5. The fourth-order valence-corrected chi connectivity index (χ4v) is 2.88. The molecule has 0 aliphatic carbocycles. The van der Waals surface area contributed by atoms with Crippen molar-refractivity contribution in [2.45, 2.75) is 6.10 Å². The lowest BCUT2D eigenvalue weighted by molar-refractivity contribution is 0.0828. The standard InChI is InChI=1S/C21H21NO3/c1-24-17-10-5-9-16(13-17)20(25-2)14-22-21(23)19-12-6-8-15-7-3-4-11-18(15)19/h3-13,20H,14H2,1-2H3,(H,22,23)/t20-/m1/s1. The van der Waals surface area contributed by atoms with E-state index in [0.717, 1.165) is 22.1 Å². The van der Waals surface area contributed by atoms with Gasteiger partial charge < -0.3 is 14.8 Å². The molecule has 0 radical (unpaired) electrons. The van der Waals surface area contributed by atoms with Crippen LogP contribution in [0.3, 0.4) is 0 Å². The summed E-state index contributed by atoms with van der Waals surface area (Å²) in [7, 11) is 3.26. The van der Waals surface area contributed by atoms with E-state index < -0.39 is 0 Å². The Morgan fingerprint density at radius 3 is 2.56 bits per heavy atom. The lowest BCUT2D eigenvalue weighted by Crippen LogP contribution is -2.29. The predicted molar refractivity (Wildman–Crippen MR) is 99.0 cm³/mol. The first-order valence-electron chi connectivity index (χ1n) is 8.15. The van der Waals surface area contributed by atoms with Crippen LogP contribution >= 0.6 is 0 Å². The van der Waals surface area contributed by atoms with Gasteiger partial charge in [-0.3, -0.25) is 4.79 Å². The quantitative estimate of drug-likeness (QED) is 0.741. The SMILES string of the molecule is COc1cccc([C@@H](CNC(=O)c2cccc3ccccc23)OC)c1. The molecule has 1 atom stereocenters. The van der Waals surface area contributed by atoms with E-state index in [1.807, 2.05) is 66.7 Å². The molecule has 0 heterocycles. The maximum Gasteiger partial charge on any atom is 0.252 e. The Morgan fingerprint density at radius 1 is 1.00 bits per heavy atom. The molecule has 128 valence electrons. The van der Waals surface area contributed by atoms with Gasteiger partial charge in [0.25, 0.3) is 5.91 Å². The molecule has 0 unspecified atom stereocenters. The second-order valence-electron chi connectivity index (χ2n) is 5.74. The summed E-state index contributed by atoms with van der Waals surface area (Å²) in [6.45, 7) is 0.381. The van der Waals surface area contributed by atoms with Gasteiger partial charge in [0.15, 0.2) is 0 Å². The van der Waals surface area contributed by atoms with Crippen LogP contribution in [0.2, 0.25) is 0 Å². The van der Waals surface area contributed by atoms with E-state index in [-0.39, 0.29) is 12.0 Å². The van der Waals surface area contributed by atoms with Crippen LogP contribution in [0.15, 0.2) is 66.7 Å². The highest BCUT2D eigenvalue weighted by Crippen LogP contribution is 2.22. The normalized spacial score (nSPS) is 11.9. The lowest BCUT2D eigenvalue weighted by Gasteiger charge is -2.17. The van der Waals surface area contributed by atoms with Crippen molar-refractivity contribution >= 4 is 16.7 Å². The van der Waals surface area contributed by atoms with Gasteiger partial charge in [0, 0.05) is 19.2 Å². The molecule has 0 spiro atoms. The van der Waals surface area contributed by atoms with Gasteiger partial charge in [-0.2, -0.15) is 0 Å². The third kappa shape index (κ3) is 3.80. The first-order chi connectivity index (χ1) is 12.2.